The standard InChI is InChI=1S/C42H47N5O7/c1-28(2)20-35(38(48)23-39(49)53-25-29-12-5-3-6-13-29)45-41(51)37(22-33-24-43-27-44-33)46-40(50)36(47-42(52)54-26-30-14-7-4-8-15-30)21-32-18-11-17-31-16-9-10-19-34(31)32/h3-19,24,27-28,35-38,48H,20-23,25-26H2,1-2H3,(H,43,44)(H,45,51)(H,46,50)(H,47,52)/t35-,36-,37?,38-/m0/s1. The molecule has 0 aliphatic rings. The first-order chi connectivity index (χ1) is 26.1. The predicted molar refractivity (Wildman–Crippen MR) is 204 cm³/mol. The van der Waals surface area contributed by atoms with Crippen LogP contribution >= 0.6 is 0 Å². The second-order valence-electron chi connectivity index (χ2n) is 13.6. The summed E-state index contributed by atoms with van der Waals surface area (Å²) in [4.78, 5) is 61.2. The molecule has 5 rings (SSSR count). The van der Waals surface area contributed by atoms with Crippen LogP contribution in [0.2, 0.25) is 0 Å². The van der Waals surface area contributed by atoms with Gasteiger partial charge in [0.1, 0.15) is 25.3 Å². The van der Waals surface area contributed by atoms with E-state index in [0.29, 0.717) is 12.1 Å². The Morgan fingerprint density at radius 3 is 2.00 bits per heavy atom. The molecule has 282 valence electrons. The number of nitrogens with one attached hydrogen (secondary N) is 4. The number of hydrogen-bond donors (Lipinski definition) is 5. The van der Waals surface area contributed by atoms with Crippen molar-refractivity contribution in [2.75, 3.05) is 0 Å². The van der Waals surface area contributed by atoms with Crippen molar-refractivity contribution in [3.8, 4) is 0 Å². The topological polar surface area (TPSA) is 172 Å². The highest BCUT2D eigenvalue weighted by atomic mass is 16.5. The number of amides is 3. The lowest BCUT2D eigenvalue weighted by atomic mass is 9.96. The van der Waals surface area contributed by atoms with E-state index < -0.39 is 48.1 Å². The summed E-state index contributed by atoms with van der Waals surface area (Å²) in [5.41, 5.74) is 2.90. The van der Waals surface area contributed by atoms with Gasteiger partial charge in [0.25, 0.3) is 0 Å². The highest BCUT2D eigenvalue weighted by molar-refractivity contribution is 5.93. The Morgan fingerprint density at radius 1 is 0.722 bits per heavy atom. The first-order valence-corrected chi connectivity index (χ1v) is 18.0. The van der Waals surface area contributed by atoms with Crippen LogP contribution in [0.1, 0.15) is 49.1 Å². The summed E-state index contributed by atoms with van der Waals surface area (Å²) in [5, 5.41) is 21.5. The van der Waals surface area contributed by atoms with Crippen molar-refractivity contribution in [1.29, 1.82) is 0 Å². The third-order valence-electron chi connectivity index (χ3n) is 8.86. The van der Waals surface area contributed by atoms with Crippen LogP contribution in [-0.4, -0.2) is 63.2 Å². The van der Waals surface area contributed by atoms with Crippen LogP contribution in [0, 0.1) is 5.92 Å². The van der Waals surface area contributed by atoms with Crippen LogP contribution in [-0.2, 0) is 49.9 Å². The largest absolute Gasteiger partial charge is 0.461 e. The van der Waals surface area contributed by atoms with Gasteiger partial charge in [-0.25, -0.2) is 9.78 Å². The van der Waals surface area contributed by atoms with Gasteiger partial charge in [-0.1, -0.05) is 117 Å². The number of nitrogens with zero attached hydrogens (tertiary/aromatic N) is 1. The molecule has 12 heteroatoms. The van der Waals surface area contributed by atoms with Crippen LogP contribution in [0.15, 0.2) is 116 Å². The molecular formula is C42H47N5O7. The molecule has 4 aromatic carbocycles. The van der Waals surface area contributed by atoms with Gasteiger partial charge in [-0.15, -0.1) is 0 Å². The summed E-state index contributed by atoms with van der Waals surface area (Å²) < 4.78 is 10.9. The van der Waals surface area contributed by atoms with E-state index in [9.17, 15) is 24.3 Å². The fourth-order valence-electron chi connectivity index (χ4n) is 6.11. The highest BCUT2D eigenvalue weighted by Gasteiger charge is 2.32. The van der Waals surface area contributed by atoms with Gasteiger partial charge in [-0.2, -0.15) is 0 Å². The molecule has 54 heavy (non-hydrogen) atoms. The van der Waals surface area contributed by atoms with Crippen molar-refractivity contribution in [3.05, 3.63) is 138 Å². The third-order valence-corrected chi connectivity index (χ3v) is 8.86. The van der Waals surface area contributed by atoms with Crippen molar-refractivity contribution in [3.63, 3.8) is 0 Å². The van der Waals surface area contributed by atoms with Crippen molar-refractivity contribution in [2.24, 2.45) is 5.92 Å². The maximum absolute atomic E-state index is 14.2. The third kappa shape index (κ3) is 12.0. The summed E-state index contributed by atoms with van der Waals surface area (Å²) in [6.45, 7) is 3.92. The summed E-state index contributed by atoms with van der Waals surface area (Å²) in [6.07, 6.45) is 1.13. The molecule has 0 aliphatic heterocycles. The van der Waals surface area contributed by atoms with Crippen molar-refractivity contribution in [2.45, 2.75) is 77.0 Å². The van der Waals surface area contributed by atoms with Crippen molar-refractivity contribution < 1.29 is 33.8 Å². The number of carbonyl (C=O) groups is 4. The number of rotatable bonds is 18. The number of fused-ring (bicyclic) bond motifs is 1. The van der Waals surface area contributed by atoms with Crippen molar-refractivity contribution in [1.82, 2.24) is 25.9 Å². The molecule has 12 nitrogen and oxygen atoms in total. The van der Waals surface area contributed by atoms with Crippen LogP contribution in [0.25, 0.3) is 10.8 Å². The zero-order valence-electron chi connectivity index (χ0n) is 30.4. The molecule has 1 heterocycles. The van der Waals surface area contributed by atoms with Gasteiger partial charge in [-0.05, 0) is 39.8 Å². The van der Waals surface area contributed by atoms with E-state index in [4.69, 9.17) is 9.47 Å². The van der Waals surface area contributed by atoms with Gasteiger partial charge in [0.15, 0.2) is 0 Å². The van der Waals surface area contributed by atoms with Gasteiger partial charge < -0.3 is 35.5 Å². The lowest BCUT2D eigenvalue weighted by Gasteiger charge is -2.28. The molecular weight excluding hydrogens is 686 g/mol. The monoisotopic (exact) mass is 733 g/mol. The fraction of sp³-hybridized carbons (Fsp3) is 0.310. The Bertz CT molecular complexity index is 1950. The minimum absolute atomic E-state index is 0.00116. The average Bonchev–Trinajstić information content (AvgIpc) is 3.69. The fourth-order valence-corrected chi connectivity index (χ4v) is 6.11. The van der Waals surface area contributed by atoms with Gasteiger partial charge in [0.2, 0.25) is 11.8 Å². The number of H-pyrrole nitrogens is 1. The first kappa shape index (κ1) is 39.2. The van der Waals surface area contributed by atoms with E-state index >= 15 is 0 Å². The minimum atomic E-state index is -1.26. The number of ether oxygens (including phenoxy) is 2. The van der Waals surface area contributed by atoms with E-state index in [0.717, 1.165) is 27.5 Å². The Morgan fingerprint density at radius 2 is 1.33 bits per heavy atom. The summed E-state index contributed by atoms with van der Waals surface area (Å²) in [6, 6.07) is 28.7. The van der Waals surface area contributed by atoms with Gasteiger partial charge >= 0.3 is 12.1 Å². The molecule has 0 radical (unpaired) electrons. The summed E-state index contributed by atoms with van der Waals surface area (Å²) in [5.74, 6) is -1.79. The SMILES string of the molecule is CC(C)C[C@H](NC(=O)C(Cc1c[nH]cn1)NC(=O)[C@H](Cc1cccc2ccccc12)NC(=O)OCc1ccccc1)[C@@H](O)CC(=O)OCc1ccccc1. The van der Waals surface area contributed by atoms with E-state index in [1.165, 1.54) is 6.33 Å². The molecule has 0 fully saturated rings. The molecule has 0 bridgehead atoms. The number of alkyl carbamates (subject to hydrolysis) is 1. The normalized spacial score (nSPS) is 13.3. The second kappa shape index (κ2) is 19.7. The molecule has 5 N–H and O–H groups in total. The molecule has 0 spiro atoms. The molecule has 1 aromatic heterocycles. The number of benzene rings is 4. The van der Waals surface area contributed by atoms with Crippen molar-refractivity contribution >= 4 is 34.6 Å². The van der Waals surface area contributed by atoms with E-state index in [1.807, 2.05) is 117 Å². The number of aliphatic hydroxyl groups is 1. The molecule has 4 atom stereocenters. The van der Waals surface area contributed by atoms with Crippen LogP contribution in [0.3, 0.4) is 0 Å². The zero-order valence-corrected chi connectivity index (χ0v) is 30.4. The molecule has 0 aliphatic carbocycles. The highest BCUT2D eigenvalue weighted by Crippen LogP contribution is 2.20. The maximum atomic E-state index is 14.2. The van der Waals surface area contributed by atoms with Crippen LogP contribution in [0.4, 0.5) is 4.79 Å². The molecule has 0 saturated carbocycles. The molecule has 5 aromatic rings. The number of aliphatic hydroxyl groups excluding tert-OH is 1. The average molecular weight is 734 g/mol. The first-order valence-electron chi connectivity index (χ1n) is 18.0. The maximum Gasteiger partial charge on any atom is 0.408 e. The van der Waals surface area contributed by atoms with Gasteiger partial charge in [0.05, 0.1) is 30.6 Å². The molecule has 1 unspecified atom stereocenters. The lowest BCUT2D eigenvalue weighted by molar-refractivity contribution is -0.148. The Kier molecular flexibility index (Phi) is 14.3. The number of carbonyl (C=O) groups excluding carboxylic acids is 4. The Hall–Kier alpha value is -6.01. The quantitative estimate of drug-likeness (QED) is 0.0770. The second-order valence-corrected chi connectivity index (χ2v) is 13.6. The number of aromatic nitrogens is 2. The van der Waals surface area contributed by atoms with E-state index in [1.54, 1.807) is 6.20 Å². The smallest absolute Gasteiger partial charge is 0.408 e. The summed E-state index contributed by atoms with van der Waals surface area (Å²) in [7, 11) is 0. The van der Waals surface area contributed by atoms with E-state index in [-0.39, 0.29) is 38.4 Å². The number of esters is 1. The predicted octanol–water partition coefficient (Wildman–Crippen LogP) is 5.15. The number of aromatic amines is 1. The van der Waals surface area contributed by atoms with Gasteiger partial charge in [-0.3, -0.25) is 14.4 Å². The molecule has 0 saturated heterocycles. The lowest BCUT2D eigenvalue weighted by Crippen LogP contribution is -2.57. The minimum Gasteiger partial charge on any atom is -0.461 e. The molecule has 3 amide bonds. The van der Waals surface area contributed by atoms with E-state index in [2.05, 4.69) is 25.9 Å². The Balaban J connectivity index is 1.32. The van der Waals surface area contributed by atoms with Crippen LogP contribution < -0.4 is 16.0 Å². The summed E-state index contributed by atoms with van der Waals surface area (Å²) >= 11 is 0. The van der Waals surface area contributed by atoms with Crippen LogP contribution in [0.5, 0.6) is 0 Å². The number of hydrogen-bond acceptors (Lipinski definition) is 8. The Labute approximate surface area is 314 Å². The van der Waals surface area contributed by atoms with Gasteiger partial charge in [0, 0.05) is 19.0 Å². The number of imidazole rings is 1. The zero-order chi connectivity index (χ0) is 38.3.